The van der Waals surface area contributed by atoms with E-state index >= 15 is 0 Å². The number of carbonyl (C=O) groups is 1. The van der Waals surface area contributed by atoms with Crippen LogP contribution in [-0.2, 0) is 16.1 Å². The number of halogens is 2. The zero-order valence-electron chi connectivity index (χ0n) is 10.6. The Morgan fingerprint density at radius 2 is 2.22 bits per heavy atom. The molecule has 0 fully saturated rings. The molecule has 18 heavy (non-hydrogen) atoms. The quantitative estimate of drug-likeness (QED) is 0.887. The summed E-state index contributed by atoms with van der Waals surface area (Å²) in [4.78, 5) is 18.6. The van der Waals surface area contributed by atoms with E-state index < -0.39 is 6.04 Å². The molecule has 1 amide bonds. The number of rotatable bonds is 5. The number of methoxy groups -OCH3 is 1. The largest absolute Gasteiger partial charge is 0.383 e. The van der Waals surface area contributed by atoms with E-state index in [1.54, 1.807) is 28.8 Å². The van der Waals surface area contributed by atoms with Gasteiger partial charge in [0.2, 0.25) is 5.91 Å². The van der Waals surface area contributed by atoms with Crippen LogP contribution < -0.4 is 5.73 Å². The molecule has 0 aromatic carbocycles. The normalized spacial score (nSPS) is 11.1. The molecule has 1 unspecified atom stereocenters. The van der Waals surface area contributed by atoms with Gasteiger partial charge in [0, 0.05) is 19.0 Å². The molecule has 0 aliphatic carbocycles. The second-order valence-corrected chi connectivity index (χ2v) is 4.56. The first-order chi connectivity index (χ1) is 7.56. The summed E-state index contributed by atoms with van der Waals surface area (Å²) in [5.74, 6) is -0.116. The summed E-state index contributed by atoms with van der Waals surface area (Å²) < 4.78 is 4.85. The van der Waals surface area contributed by atoms with Crippen LogP contribution in [0, 0.1) is 6.92 Å². The number of hydrogen-bond donors (Lipinski definition) is 1. The van der Waals surface area contributed by atoms with Crippen molar-refractivity contribution in [3.8, 4) is 0 Å². The zero-order chi connectivity index (χ0) is 12.1. The van der Waals surface area contributed by atoms with Gasteiger partial charge in [-0.1, -0.05) is 0 Å². The van der Waals surface area contributed by atoms with Gasteiger partial charge >= 0.3 is 0 Å². The van der Waals surface area contributed by atoms with Gasteiger partial charge < -0.3 is 15.4 Å². The first-order valence-electron chi connectivity index (χ1n) is 4.94. The third-order valence-electron chi connectivity index (χ3n) is 2.27. The van der Waals surface area contributed by atoms with Gasteiger partial charge in [0.1, 0.15) is 6.04 Å². The van der Waals surface area contributed by atoms with Crippen LogP contribution in [0.15, 0.2) is 5.51 Å². The molecule has 0 radical (unpaired) electrons. The maximum Gasteiger partial charge on any atom is 0.241 e. The predicted octanol–water partition coefficient (Wildman–Crippen LogP) is 1.23. The minimum Gasteiger partial charge on any atom is -0.383 e. The molecule has 0 aliphatic rings. The molecule has 1 aromatic heterocycles. The van der Waals surface area contributed by atoms with Crippen LogP contribution in [0.1, 0.15) is 10.6 Å². The molecular formula is C10H19Cl2N3O2S. The van der Waals surface area contributed by atoms with Crippen molar-refractivity contribution < 1.29 is 9.53 Å². The number of ether oxygens (including phenoxy) is 1. The van der Waals surface area contributed by atoms with Gasteiger partial charge in [0.25, 0.3) is 0 Å². The van der Waals surface area contributed by atoms with Crippen molar-refractivity contribution >= 4 is 42.1 Å². The van der Waals surface area contributed by atoms with Crippen LogP contribution in [0.2, 0.25) is 0 Å². The third kappa shape index (κ3) is 5.49. The van der Waals surface area contributed by atoms with Gasteiger partial charge in [-0.15, -0.1) is 36.2 Å². The van der Waals surface area contributed by atoms with Crippen molar-refractivity contribution in [2.24, 2.45) is 5.73 Å². The molecule has 0 spiro atoms. The Balaban J connectivity index is 0. The summed E-state index contributed by atoms with van der Waals surface area (Å²) in [6.07, 6.45) is 0. The Bertz CT molecular complexity index is 363. The van der Waals surface area contributed by atoms with E-state index in [2.05, 4.69) is 4.98 Å². The lowest BCUT2D eigenvalue weighted by atomic mass is 10.3. The zero-order valence-corrected chi connectivity index (χ0v) is 13.0. The minimum absolute atomic E-state index is 0. The second-order valence-electron chi connectivity index (χ2n) is 3.62. The SMILES string of the molecule is COCC(N)C(=O)N(C)Cc1scnc1C.Cl.Cl. The van der Waals surface area contributed by atoms with Crippen LogP contribution >= 0.6 is 36.2 Å². The molecule has 0 saturated carbocycles. The fraction of sp³-hybridized carbons (Fsp3) is 0.600. The number of thiazole rings is 1. The Hall–Kier alpha value is -0.400. The van der Waals surface area contributed by atoms with E-state index in [4.69, 9.17) is 10.5 Å². The molecule has 0 saturated heterocycles. The highest BCUT2D eigenvalue weighted by Gasteiger charge is 2.18. The Labute approximate surface area is 124 Å². The van der Waals surface area contributed by atoms with Crippen molar-refractivity contribution in [3.63, 3.8) is 0 Å². The Kier molecular flexibility index (Phi) is 10.5. The second kappa shape index (κ2) is 9.52. The topological polar surface area (TPSA) is 68.5 Å². The molecule has 0 aliphatic heterocycles. The van der Waals surface area contributed by atoms with E-state index in [-0.39, 0.29) is 37.3 Å². The molecule has 106 valence electrons. The van der Waals surface area contributed by atoms with Crippen molar-refractivity contribution in [3.05, 3.63) is 16.1 Å². The first kappa shape index (κ1) is 19.9. The van der Waals surface area contributed by atoms with Crippen molar-refractivity contribution in [2.75, 3.05) is 20.8 Å². The van der Waals surface area contributed by atoms with Crippen LogP contribution in [0.3, 0.4) is 0 Å². The lowest BCUT2D eigenvalue weighted by Gasteiger charge is -2.20. The Morgan fingerprint density at radius 1 is 1.61 bits per heavy atom. The number of hydrogen-bond acceptors (Lipinski definition) is 5. The van der Waals surface area contributed by atoms with Gasteiger partial charge in [0.05, 0.1) is 24.4 Å². The number of nitrogens with zero attached hydrogens (tertiary/aromatic N) is 2. The van der Waals surface area contributed by atoms with E-state index in [0.717, 1.165) is 10.6 Å². The van der Waals surface area contributed by atoms with Gasteiger partial charge in [-0.2, -0.15) is 0 Å². The highest BCUT2D eigenvalue weighted by molar-refractivity contribution is 7.09. The standard InChI is InChI=1S/C10H17N3O2S.2ClH/c1-7-9(16-6-12-7)4-13(2)10(14)8(11)5-15-3;;/h6,8H,4-5,11H2,1-3H3;2*1H. The van der Waals surface area contributed by atoms with Crippen molar-refractivity contribution in [1.29, 1.82) is 0 Å². The molecule has 8 heteroatoms. The maximum atomic E-state index is 11.8. The monoisotopic (exact) mass is 315 g/mol. The molecular weight excluding hydrogens is 297 g/mol. The molecule has 1 heterocycles. The molecule has 1 rings (SSSR count). The highest BCUT2D eigenvalue weighted by atomic mass is 35.5. The van der Waals surface area contributed by atoms with Crippen molar-refractivity contribution in [2.45, 2.75) is 19.5 Å². The molecule has 0 bridgehead atoms. The average Bonchev–Trinajstić information content (AvgIpc) is 2.63. The fourth-order valence-electron chi connectivity index (χ4n) is 1.31. The summed E-state index contributed by atoms with van der Waals surface area (Å²) in [6, 6.07) is -0.594. The molecule has 5 nitrogen and oxygen atoms in total. The molecule has 1 aromatic rings. The highest BCUT2D eigenvalue weighted by Crippen LogP contribution is 2.14. The van der Waals surface area contributed by atoms with E-state index in [1.807, 2.05) is 6.92 Å². The van der Waals surface area contributed by atoms with Gasteiger partial charge in [0.15, 0.2) is 0 Å². The smallest absolute Gasteiger partial charge is 0.241 e. The van der Waals surface area contributed by atoms with Crippen LogP contribution in [0.5, 0.6) is 0 Å². The van der Waals surface area contributed by atoms with Gasteiger partial charge in [-0.05, 0) is 6.92 Å². The summed E-state index contributed by atoms with van der Waals surface area (Å²) in [5.41, 5.74) is 8.41. The van der Waals surface area contributed by atoms with Crippen molar-refractivity contribution in [1.82, 2.24) is 9.88 Å². The van der Waals surface area contributed by atoms with Gasteiger partial charge in [-0.25, -0.2) is 4.98 Å². The number of carbonyl (C=O) groups excluding carboxylic acids is 1. The van der Waals surface area contributed by atoms with Crippen LogP contribution in [0.4, 0.5) is 0 Å². The number of likely N-dealkylation sites (N-methyl/N-ethyl adjacent to an activating group) is 1. The number of amides is 1. The Morgan fingerprint density at radius 3 is 2.67 bits per heavy atom. The maximum absolute atomic E-state index is 11.8. The third-order valence-corrected chi connectivity index (χ3v) is 3.19. The molecule has 1 atom stereocenters. The van der Waals surface area contributed by atoms with E-state index in [1.165, 1.54) is 7.11 Å². The summed E-state index contributed by atoms with van der Waals surface area (Å²) in [6.45, 7) is 2.72. The fourth-order valence-corrected chi connectivity index (χ4v) is 2.13. The minimum atomic E-state index is -0.594. The summed E-state index contributed by atoms with van der Waals surface area (Å²) >= 11 is 1.54. The number of aromatic nitrogens is 1. The van der Waals surface area contributed by atoms with E-state index in [0.29, 0.717) is 6.54 Å². The first-order valence-corrected chi connectivity index (χ1v) is 5.82. The lowest BCUT2D eigenvalue weighted by Crippen LogP contribution is -2.44. The van der Waals surface area contributed by atoms with Crippen LogP contribution in [-0.4, -0.2) is 42.6 Å². The predicted molar refractivity (Wildman–Crippen MR) is 77.7 cm³/mol. The van der Waals surface area contributed by atoms with Crippen LogP contribution in [0.25, 0.3) is 0 Å². The lowest BCUT2D eigenvalue weighted by molar-refractivity contribution is -0.132. The molecule has 2 N–H and O–H groups in total. The summed E-state index contributed by atoms with van der Waals surface area (Å²) in [7, 11) is 3.26. The number of nitrogens with two attached hydrogens (primary N) is 1. The van der Waals surface area contributed by atoms with E-state index in [9.17, 15) is 4.79 Å². The summed E-state index contributed by atoms with van der Waals surface area (Å²) in [5, 5.41) is 0. The number of aryl methyl sites for hydroxylation is 1. The average molecular weight is 316 g/mol. The van der Waals surface area contributed by atoms with Gasteiger partial charge in [-0.3, -0.25) is 4.79 Å².